The molecule has 0 radical (unpaired) electrons. The van der Waals surface area contributed by atoms with Gasteiger partial charge in [0.15, 0.2) is 0 Å². The molecule has 1 heterocycles. The number of nitrogens with zero attached hydrogens (tertiary/aromatic N) is 3. The van der Waals surface area contributed by atoms with E-state index in [2.05, 4.69) is 10.4 Å². The molecular formula is C18H18Cl2N4O. The second kappa shape index (κ2) is 6.94. The van der Waals surface area contributed by atoms with Crippen molar-refractivity contribution in [2.45, 2.75) is 6.54 Å². The quantitative estimate of drug-likeness (QED) is 0.739. The largest absolute Gasteiger partial charge is 0.332 e. The van der Waals surface area contributed by atoms with E-state index in [0.29, 0.717) is 16.6 Å². The summed E-state index contributed by atoms with van der Waals surface area (Å²) in [6, 6.07) is 11.2. The molecule has 3 aromatic rings. The van der Waals surface area contributed by atoms with Crippen LogP contribution in [-0.4, -0.2) is 34.8 Å². The SMILES string of the molecule is CN(C)C(=O)NCc1c2cccc(-c3ccc(Cl)cc3Cl)c2nn1C. The molecule has 5 nitrogen and oxygen atoms in total. The minimum Gasteiger partial charge on any atom is -0.332 e. The first-order chi connectivity index (χ1) is 11.9. The second-order valence-electron chi connectivity index (χ2n) is 5.95. The number of rotatable bonds is 3. The highest BCUT2D eigenvalue weighted by molar-refractivity contribution is 6.36. The Bertz CT molecular complexity index is 950. The van der Waals surface area contributed by atoms with Crippen molar-refractivity contribution in [3.63, 3.8) is 0 Å². The van der Waals surface area contributed by atoms with Gasteiger partial charge in [0, 0.05) is 47.7 Å². The summed E-state index contributed by atoms with van der Waals surface area (Å²) in [6.45, 7) is 0.391. The predicted octanol–water partition coefficient (Wildman–Crippen LogP) is 4.32. The zero-order valence-corrected chi connectivity index (χ0v) is 15.7. The lowest BCUT2D eigenvalue weighted by atomic mass is 10.0. The number of nitrogens with one attached hydrogen (secondary N) is 1. The van der Waals surface area contributed by atoms with Crippen molar-refractivity contribution in [2.75, 3.05) is 14.1 Å². The third-order valence-electron chi connectivity index (χ3n) is 4.02. The van der Waals surface area contributed by atoms with Gasteiger partial charge in [-0.1, -0.05) is 47.5 Å². The number of urea groups is 1. The van der Waals surface area contributed by atoms with Crippen LogP contribution in [0, 0.1) is 0 Å². The predicted molar refractivity (Wildman–Crippen MR) is 102 cm³/mol. The summed E-state index contributed by atoms with van der Waals surface area (Å²) in [4.78, 5) is 13.3. The zero-order valence-electron chi connectivity index (χ0n) is 14.2. The van der Waals surface area contributed by atoms with Crippen LogP contribution in [0.5, 0.6) is 0 Å². The van der Waals surface area contributed by atoms with Crippen molar-refractivity contribution >= 4 is 40.1 Å². The topological polar surface area (TPSA) is 50.2 Å². The van der Waals surface area contributed by atoms with Crippen molar-refractivity contribution in [1.82, 2.24) is 20.0 Å². The lowest BCUT2D eigenvalue weighted by Gasteiger charge is -2.12. The molecule has 2 aromatic carbocycles. The van der Waals surface area contributed by atoms with Gasteiger partial charge in [0.2, 0.25) is 0 Å². The number of carbonyl (C=O) groups excluding carboxylic acids is 1. The van der Waals surface area contributed by atoms with Crippen molar-refractivity contribution in [1.29, 1.82) is 0 Å². The Labute approximate surface area is 156 Å². The highest BCUT2D eigenvalue weighted by atomic mass is 35.5. The molecule has 0 fully saturated rings. The number of halogens is 2. The molecule has 0 aliphatic heterocycles. The molecule has 0 saturated heterocycles. The maximum Gasteiger partial charge on any atom is 0.317 e. The number of hydrogen-bond donors (Lipinski definition) is 1. The highest BCUT2D eigenvalue weighted by Crippen LogP contribution is 2.35. The molecule has 0 aliphatic carbocycles. The molecule has 25 heavy (non-hydrogen) atoms. The fourth-order valence-electron chi connectivity index (χ4n) is 2.72. The molecule has 0 aliphatic rings. The third-order valence-corrected chi connectivity index (χ3v) is 4.57. The smallest absolute Gasteiger partial charge is 0.317 e. The van der Waals surface area contributed by atoms with Crippen LogP contribution in [0.1, 0.15) is 5.69 Å². The minimum absolute atomic E-state index is 0.147. The number of benzene rings is 2. The Kier molecular flexibility index (Phi) is 4.88. The van der Waals surface area contributed by atoms with Crippen LogP contribution >= 0.6 is 23.2 Å². The molecule has 0 bridgehead atoms. The lowest BCUT2D eigenvalue weighted by Crippen LogP contribution is -2.34. The van der Waals surface area contributed by atoms with Gasteiger partial charge in [-0.3, -0.25) is 4.68 Å². The first-order valence-corrected chi connectivity index (χ1v) is 8.49. The summed E-state index contributed by atoms with van der Waals surface area (Å²) < 4.78 is 1.79. The number of aromatic nitrogens is 2. The van der Waals surface area contributed by atoms with E-state index in [1.165, 1.54) is 4.90 Å². The summed E-state index contributed by atoms with van der Waals surface area (Å²) in [6.07, 6.45) is 0. The van der Waals surface area contributed by atoms with Gasteiger partial charge in [-0.05, 0) is 12.1 Å². The molecule has 3 rings (SSSR count). The van der Waals surface area contributed by atoms with Gasteiger partial charge in [-0.25, -0.2) is 4.79 Å². The Morgan fingerprint density at radius 3 is 2.64 bits per heavy atom. The van der Waals surface area contributed by atoms with Gasteiger partial charge in [-0.15, -0.1) is 0 Å². The molecule has 1 aromatic heterocycles. The summed E-state index contributed by atoms with van der Waals surface area (Å²) in [5.74, 6) is 0. The Balaban J connectivity index is 2.06. The van der Waals surface area contributed by atoms with E-state index in [1.807, 2.05) is 37.4 Å². The van der Waals surface area contributed by atoms with E-state index in [1.54, 1.807) is 24.8 Å². The van der Waals surface area contributed by atoms with Crippen molar-refractivity contribution in [2.24, 2.45) is 7.05 Å². The summed E-state index contributed by atoms with van der Waals surface area (Å²) in [5.41, 5.74) is 3.57. The van der Waals surface area contributed by atoms with E-state index in [4.69, 9.17) is 23.2 Å². The molecular weight excluding hydrogens is 359 g/mol. The van der Waals surface area contributed by atoms with Crippen LogP contribution in [0.4, 0.5) is 4.79 Å². The first kappa shape index (κ1) is 17.6. The first-order valence-electron chi connectivity index (χ1n) is 7.73. The third kappa shape index (κ3) is 3.43. The molecule has 0 unspecified atom stereocenters. The van der Waals surface area contributed by atoms with E-state index in [9.17, 15) is 4.79 Å². The van der Waals surface area contributed by atoms with Gasteiger partial charge >= 0.3 is 6.03 Å². The van der Waals surface area contributed by atoms with E-state index in [-0.39, 0.29) is 6.03 Å². The molecule has 0 saturated carbocycles. The standard InChI is InChI=1S/C18H18Cl2N4O/c1-23(2)18(25)21-10-16-14-6-4-5-13(17(14)22-24(16)3)12-8-7-11(19)9-15(12)20/h4-9H,10H2,1-3H3,(H,21,25). The van der Waals surface area contributed by atoms with Crippen LogP contribution in [0.2, 0.25) is 10.0 Å². The average molecular weight is 377 g/mol. The number of hydrogen-bond acceptors (Lipinski definition) is 2. The van der Waals surface area contributed by atoms with E-state index in [0.717, 1.165) is 27.7 Å². The van der Waals surface area contributed by atoms with Gasteiger partial charge in [0.05, 0.1) is 12.2 Å². The Hall–Kier alpha value is -2.24. The van der Waals surface area contributed by atoms with Gasteiger partial charge in [0.1, 0.15) is 5.52 Å². The van der Waals surface area contributed by atoms with Crippen molar-refractivity contribution in [3.05, 3.63) is 52.1 Å². The van der Waals surface area contributed by atoms with E-state index >= 15 is 0 Å². The van der Waals surface area contributed by atoms with Gasteiger partial charge in [0.25, 0.3) is 0 Å². The summed E-state index contributed by atoms with van der Waals surface area (Å²) >= 11 is 12.4. The number of amides is 2. The molecule has 2 amide bonds. The molecule has 0 atom stereocenters. The number of carbonyl (C=O) groups is 1. The lowest BCUT2D eigenvalue weighted by molar-refractivity contribution is 0.217. The molecule has 7 heteroatoms. The van der Waals surface area contributed by atoms with Gasteiger partial charge < -0.3 is 10.2 Å². The molecule has 130 valence electrons. The van der Waals surface area contributed by atoms with Crippen LogP contribution in [0.3, 0.4) is 0 Å². The molecule has 0 spiro atoms. The van der Waals surface area contributed by atoms with Crippen molar-refractivity contribution < 1.29 is 4.79 Å². The summed E-state index contributed by atoms with van der Waals surface area (Å²) in [5, 5.41) is 9.66. The monoisotopic (exact) mass is 376 g/mol. The number of fused-ring (bicyclic) bond motifs is 1. The van der Waals surface area contributed by atoms with Crippen LogP contribution in [0.25, 0.3) is 22.0 Å². The highest BCUT2D eigenvalue weighted by Gasteiger charge is 2.16. The van der Waals surface area contributed by atoms with Crippen molar-refractivity contribution in [3.8, 4) is 11.1 Å². The molecule has 1 N–H and O–H groups in total. The van der Waals surface area contributed by atoms with Crippen LogP contribution in [0.15, 0.2) is 36.4 Å². The zero-order chi connectivity index (χ0) is 18.1. The Morgan fingerprint density at radius 1 is 1.20 bits per heavy atom. The van der Waals surface area contributed by atoms with Gasteiger partial charge in [-0.2, -0.15) is 5.10 Å². The minimum atomic E-state index is -0.147. The maximum absolute atomic E-state index is 11.8. The Morgan fingerprint density at radius 2 is 1.96 bits per heavy atom. The van der Waals surface area contributed by atoms with E-state index < -0.39 is 0 Å². The summed E-state index contributed by atoms with van der Waals surface area (Å²) in [7, 11) is 5.28. The fourth-order valence-corrected chi connectivity index (χ4v) is 3.23. The number of aryl methyl sites for hydroxylation is 1. The average Bonchev–Trinajstić information content (AvgIpc) is 2.88. The van der Waals surface area contributed by atoms with Crippen LogP contribution < -0.4 is 5.32 Å². The fraction of sp³-hybridized carbons (Fsp3) is 0.222. The second-order valence-corrected chi connectivity index (χ2v) is 6.79. The van der Waals surface area contributed by atoms with Crippen LogP contribution in [-0.2, 0) is 13.6 Å². The maximum atomic E-state index is 11.8. The normalized spacial score (nSPS) is 10.9.